The number of rotatable bonds is 7. The average Bonchev–Trinajstić information content (AvgIpc) is 2.23. The normalized spacial score (nSPS) is 15.0. The lowest BCUT2D eigenvalue weighted by atomic mass is 10.2. The molecular weight excluding hydrogens is 236 g/mol. The van der Waals surface area contributed by atoms with Gasteiger partial charge in [-0.15, -0.1) is 0 Å². The van der Waals surface area contributed by atoms with Crippen LogP contribution in [-0.4, -0.2) is 55.8 Å². The zero-order valence-corrected chi connectivity index (χ0v) is 11.9. The number of aliphatic hydroxyl groups is 1. The molecule has 2 atom stereocenters. The molecule has 0 saturated carbocycles. The van der Waals surface area contributed by atoms with E-state index in [9.17, 15) is 4.79 Å². The van der Waals surface area contributed by atoms with Crippen molar-refractivity contribution in [3.63, 3.8) is 0 Å². The minimum atomic E-state index is -0.496. The molecule has 0 radical (unpaired) electrons. The van der Waals surface area contributed by atoms with Gasteiger partial charge in [0.25, 0.3) is 0 Å². The number of methoxy groups -OCH3 is 1. The maximum absolute atomic E-state index is 11.4. The first kappa shape index (κ1) is 17.2. The number of hydrogen-bond donors (Lipinski definition) is 3. The Kier molecular flexibility index (Phi) is 7.90. The van der Waals surface area contributed by atoms with Crippen LogP contribution in [0.2, 0.25) is 0 Å². The molecule has 3 N–H and O–H groups in total. The molecule has 0 aromatic rings. The molecule has 6 heteroatoms. The summed E-state index contributed by atoms with van der Waals surface area (Å²) in [5.41, 5.74) is -0.496. The first-order chi connectivity index (χ1) is 8.28. The van der Waals surface area contributed by atoms with E-state index in [-0.39, 0.29) is 18.7 Å². The van der Waals surface area contributed by atoms with Crippen molar-refractivity contribution in [2.24, 2.45) is 0 Å². The van der Waals surface area contributed by atoms with Gasteiger partial charge in [0, 0.05) is 19.7 Å². The molecule has 0 heterocycles. The number of carbonyl (C=O) groups excluding carboxylic acids is 1. The number of hydrogen-bond acceptors (Lipinski definition) is 5. The van der Waals surface area contributed by atoms with Crippen molar-refractivity contribution < 1.29 is 19.4 Å². The standard InChI is InChI=1S/C12H26N2O4/c1-9(14-10(7-15)8-17-5)6-13-11(16)18-12(2,3)4/h9-10,14-15H,6-8H2,1-5H3,(H,13,16). The second-order valence-electron chi connectivity index (χ2n) is 5.29. The van der Waals surface area contributed by atoms with Crippen molar-refractivity contribution in [1.82, 2.24) is 10.6 Å². The topological polar surface area (TPSA) is 79.8 Å². The summed E-state index contributed by atoms with van der Waals surface area (Å²) in [4.78, 5) is 11.4. The molecule has 0 saturated heterocycles. The van der Waals surface area contributed by atoms with E-state index in [1.807, 2.05) is 27.7 Å². The second-order valence-corrected chi connectivity index (χ2v) is 5.29. The maximum atomic E-state index is 11.4. The Hall–Kier alpha value is -0.850. The third-order valence-corrected chi connectivity index (χ3v) is 2.06. The van der Waals surface area contributed by atoms with Crippen molar-refractivity contribution >= 4 is 6.09 Å². The molecule has 0 aromatic carbocycles. The molecule has 108 valence electrons. The summed E-state index contributed by atoms with van der Waals surface area (Å²) in [7, 11) is 1.58. The first-order valence-electron chi connectivity index (χ1n) is 6.11. The van der Waals surface area contributed by atoms with Crippen LogP contribution in [0.3, 0.4) is 0 Å². The van der Waals surface area contributed by atoms with Gasteiger partial charge < -0.3 is 25.2 Å². The maximum Gasteiger partial charge on any atom is 0.407 e. The van der Waals surface area contributed by atoms with E-state index in [1.54, 1.807) is 7.11 Å². The molecular formula is C12H26N2O4. The zero-order chi connectivity index (χ0) is 14.2. The SMILES string of the molecule is COCC(CO)NC(C)CNC(=O)OC(C)(C)C. The highest BCUT2D eigenvalue weighted by Crippen LogP contribution is 2.06. The van der Waals surface area contributed by atoms with Crippen LogP contribution in [0.25, 0.3) is 0 Å². The number of ether oxygens (including phenoxy) is 2. The summed E-state index contributed by atoms with van der Waals surface area (Å²) in [6, 6.07) is -0.116. The van der Waals surface area contributed by atoms with Crippen LogP contribution in [0.15, 0.2) is 0 Å². The van der Waals surface area contributed by atoms with Crippen molar-refractivity contribution in [1.29, 1.82) is 0 Å². The monoisotopic (exact) mass is 262 g/mol. The molecule has 18 heavy (non-hydrogen) atoms. The molecule has 0 aliphatic heterocycles. The predicted molar refractivity (Wildman–Crippen MR) is 69.6 cm³/mol. The third kappa shape index (κ3) is 9.21. The summed E-state index contributed by atoms with van der Waals surface area (Å²) in [5.74, 6) is 0. The van der Waals surface area contributed by atoms with Crippen molar-refractivity contribution in [2.75, 3.05) is 26.9 Å². The van der Waals surface area contributed by atoms with Crippen molar-refractivity contribution in [2.45, 2.75) is 45.4 Å². The molecule has 0 aliphatic rings. The fourth-order valence-electron chi connectivity index (χ4n) is 1.37. The van der Waals surface area contributed by atoms with Gasteiger partial charge in [0.05, 0.1) is 19.3 Å². The molecule has 0 bridgehead atoms. The smallest absolute Gasteiger partial charge is 0.407 e. The second kappa shape index (κ2) is 8.29. The quantitative estimate of drug-likeness (QED) is 0.622. The summed E-state index contributed by atoms with van der Waals surface area (Å²) in [5, 5.41) is 14.9. The lowest BCUT2D eigenvalue weighted by Gasteiger charge is -2.23. The number of amides is 1. The Balaban J connectivity index is 3.88. The van der Waals surface area contributed by atoms with Crippen LogP contribution in [0.4, 0.5) is 4.79 Å². The minimum Gasteiger partial charge on any atom is -0.444 e. The summed E-state index contributed by atoms with van der Waals surface area (Å²) in [6.07, 6.45) is -0.441. The van der Waals surface area contributed by atoms with E-state index >= 15 is 0 Å². The van der Waals surface area contributed by atoms with Crippen LogP contribution in [-0.2, 0) is 9.47 Å². The van der Waals surface area contributed by atoms with Crippen LogP contribution in [0.5, 0.6) is 0 Å². The molecule has 0 spiro atoms. The highest BCUT2D eigenvalue weighted by atomic mass is 16.6. The fraction of sp³-hybridized carbons (Fsp3) is 0.917. The van der Waals surface area contributed by atoms with Crippen LogP contribution >= 0.6 is 0 Å². The largest absolute Gasteiger partial charge is 0.444 e. The average molecular weight is 262 g/mol. The molecule has 0 aliphatic carbocycles. The van der Waals surface area contributed by atoms with Gasteiger partial charge >= 0.3 is 6.09 Å². The van der Waals surface area contributed by atoms with E-state index < -0.39 is 11.7 Å². The lowest BCUT2D eigenvalue weighted by Crippen LogP contribution is -2.47. The fourth-order valence-corrected chi connectivity index (χ4v) is 1.37. The van der Waals surface area contributed by atoms with E-state index in [0.29, 0.717) is 13.2 Å². The summed E-state index contributed by atoms with van der Waals surface area (Å²) >= 11 is 0. The van der Waals surface area contributed by atoms with Gasteiger partial charge in [-0.1, -0.05) is 0 Å². The lowest BCUT2D eigenvalue weighted by molar-refractivity contribution is 0.0520. The molecule has 6 nitrogen and oxygen atoms in total. The van der Waals surface area contributed by atoms with Crippen LogP contribution < -0.4 is 10.6 Å². The third-order valence-electron chi connectivity index (χ3n) is 2.06. The minimum absolute atomic E-state index is 0.00931. The number of nitrogens with one attached hydrogen (secondary N) is 2. The van der Waals surface area contributed by atoms with E-state index in [0.717, 1.165) is 0 Å². The van der Waals surface area contributed by atoms with Gasteiger partial charge in [0.15, 0.2) is 0 Å². The summed E-state index contributed by atoms with van der Waals surface area (Å²) < 4.78 is 10.1. The Labute approximate surface area is 109 Å². The Morgan fingerprint density at radius 1 is 1.39 bits per heavy atom. The highest BCUT2D eigenvalue weighted by Gasteiger charge is 2.17. The van der Waals surface area contributed by atoms with Gasteiger partial charge in [-0.25, -0.2) is 4.79 Å². The van der Waals surface area contributed by atoms with Gasteiger partial charge in [-0.05, 0) is 27.7 Å². The van der Waals surface area contributed by atoms with Gasteiger partial charge in [-0.2, -0.15) is 0 Å². The van der Waals surface area contributed by atoms with Gasteiger partial charge in [0.1, 0.15) is 5.60 Å². The van der Waals surface area contributed by atoms with Crippen LogP contribution in [0, 0.1) is 0 Å². The zero-order valence-electron chi connectivity index (χ0n) is 11.9. The van der Waals surface area contributed by atoms with Gasteiger partial charge in [-0.3, -0.25) is 0 Å². The highest BCUT2D eigenvalue weighted by molar-refractivity contribution is 5.67. The van der Waals surface area contributed by atoms with Crippen molar-refractivity contribution in [3.05, 3.63) is 0 Å². The van der Waals surface area contributed by atoms with Gasteiger partial charge in [0.2, 0.25) is 0 Å². The van der Waals surface area contributed by atoms with E-state index in [2.05, 4.69) is 10.6 Å². The molecule has 1 amide bonds. The molecule has 0 fully saturated rings. The number of carbonyl (C=O) groups is 1. The Morgan fingerprint density at radius 2 is 2.00 bits per heavy atom. The van der Waals surface area contributed by atoms with Crippen molar-refractivity contribution in [3.8, 4) is 0 Å². The first-order valence-corrected chi connectivity index (χ1v) is 6.11. The van der Waals surface area contributed by atoms with Crippen LogP contribution in [0.1, 0.15) is 27.7 Å². The predicted octanol–water partition coefficient (Wildman–Crippen LogP) is 0.496. The molecule has 0 aromatic heterocycles. The van der Waals surface area contributed by atoms with E-state index in [1.165, 1.54) is 0 Å². The molecule has 0 rings (SSSR count). The number of alkyl carbamates (subject to hydrolysis) is 1. The number of aliphatic hydroxyl groups excluding tert-OH is 1. The molecule has 2 unspecified atom stereocenters. The summed E-state index contributed by atoms with van der Waals surface area (Å²) in [6.45, 7) is 8.20. The Morgan fingerprint density at radius 3 is 2.44 bits per heavy atom. The Bertz CT molecular complexity index is 241. The van der Waals surface area contributed by atoms with E-state index in [4.69, 9.17) is 14.6 Å².